The SMILES string of the molecule is COC(=O)C1(NC(=O)[C@@H]2C[C@@H](Oc3cc(-c4ccccc4)nc4cc(OC)ccc34)CN2C(=O)[C@@H](NC(=O)OC(C)(C)C)C(C)(C)C)CC1. The lowest BCUT2D eigenvalue weighted by Crippen LogP contribution is -2.59. The van der Waals surface area contributed by atoms with Crippen LogP contribution in [0.4, 0.5) is 4.79 Å². The minimum absolute atomic E-state index is 0.0470. The molecule has 3 atom stereocenters. The van der Waals surface area contributed by atoms with Gasteiger partial charge in [0.05, 0.1) is 32.0 Å². The van der Waals surface area contributed by atoms with Crippen LogP contribution in [0.25, 0.3) is 22.2 Å². The molecular weight excluding hydrogens is 628 g/mol. The standard InChI is InChI=1S/C37H46N4O8/c1-35(2,3)30(39-34(45)49-36(4,5)6)32(43)41-21-24(19-28(41)31(42)40-37(16-17-37)33(44)47-8)48-29-20-26(22-12-10-9-11-13-22)38-27-18-23(46-7)14-15-25(27)29/h9-15,18,20,24,28,30H,16-17,19,21H2,1-8H3,(H,39,45)(H,40,42)/t24-,28+,30-/m1/s1. The summed E-state index contributed by atoms with van der Waals surface area (Å²) in [4.78, 5) is 60.1. The molecule has 0 spiro atoms. The summed E-state index contributed by atoms with van der Waals surface area (Å²) in [7, 11) is 2.86. The predicted octanol–water partition coefficient (Wildman–Crippen LogP) is 5.02. The molecule has 0 radical (unpaired) electrons. The summed E-state index contributed by atoms with van der Waals surface area (Å²) in [5.74, 6) is -0.340. The number of nitrogens with one attached hydrogen (secondary N) is 2. The number of carbonyl (C=O) groups is 4. The molecule has 1 aliphatic carbocycles. The molecule has 12 nitrogen and oxygen atoms in total. The van der Waals surface area contributed by atoms with Crippen molar-refractivity contribution < 1.29 is 38.1 Å². The summed E-state index contributed by atoms with van der Waals surface area (Å²) < 4.78 is 22.5. The van der Waals surface area contributed by atoms with E-state index >= 15 is 0 Å². The summed E-state index contributed by atoms with van der Waals surface area (Å²) in [5.41, 5.74) is -0.437. The number of aromatic nitrogens is 1. The van der Waals surface area contributed by atoms with Gasteiger partial charge < -0.3 is 34.5 Å². The minimum atomic E-state index is -1.12. The molecule has 49 heavy (non-hydrogen) atoms. The van der Waals surface area contributed by atoms with Gasteiger partial charge in [-0.25, -0.2) is 14.6 Å². The normalized spacial score (nSPS) is 19.1. The lowest BCUT2D eigenvalue weighted by molar-refractivity contribution is -0.148. The third-order valence-corrected chi connectivity index (χ3v) is 8.65. The van der Waals surface area contributed by atoms with Gasteiger partial charge in [0.1, 0.15) is 40.8 Å². The molecule has 1 aliphatic heterocycles. The number of alkyl carbamates (subject to hydrolysis) is 1. The highest BCUT2D eigenvalue weighted by Crippen LogP contribution is 2.38. The first kappa shape index (κ1) is 35.4. The van der Waals surface area contributed by atoms with Crippen LogP contribution >= 0.6 is 0 Å². The molecule has 2 aliphatic rings. The molecule has 1 saturated carbocycles. The van der Waals surface area contributed by atoms with Gasteiger partial charge >= 0.3 is 12.1 Å². The number of benzene rings is 2. The second-order valence-corrected chi connectivity index (χ2v) is 14.7. The lowest BCUT2D eigenvalue weighted by atomic mass is 9.85. The third-order valence-electron chi connectivity index (χ3n) is 8.65. The number of methoxy groups -OCH3 is 2. The molecule has 262 valence electrons. The fourth-order valence-corrected chi connectivity index (χ4v) is 5.97. The largest absolute Gasteiger partial charge is 0.497 e. The topological polar surface area (TPSA) is 145 Å². The number of hydrogen-bond acceptors (Lipinski definition) is 9. The maximum Gasteiger partial charge on any atom is 0.408 e. The Balaban J connectivity index is 1.49. The van der Waals surface area contributed by atoms with Crippen LogP contribution in [0.3, 0.4) is 0 Å². The van der Waals surface area contributed by atoms with Crippen LogP contribution < -0.4 is 20.1 Å². The van der Waals surface area contributed by atoms with E-state index in [1.165, 1.54) is 12.0 Å². The van der Waals surface area contributed by atoms with Gasteiger partial charge in [-0.3, -0.25) is 9.59 Å². The van der Waals surface area contributed by atoms with Crippen molar-refractivity contribution >= 4 is 34.8 Å². The molecule has 2 N–H and O–H groups in total. The average molecular weight is 675 g/mol. The second-order valence-electron chi connectivity index (χ2n) is 14.7. The number of fused-ring (bicyclic) bond motifs is 1. The van der Waals surface area contributed by atoms with Crippen molar-refractivity contribution in [1.82, 2.24) is 20.5 Å². The first-order chi connectivity index (χ1) is 23.0. The van der Waals surface area contributed by atoms with Crippen molar-refractivity contribution in [3.63, 3.8) is 0 Å². The Morgan fingerprint density at radius 3 is 2.24 bits per heavy atom. The van der Waals surface area contributed by atoms with Gasteiger partial charge in [0.2, 0.25) is 11.8 Å². The Labute approximate surface area is 286 Å². The van der Waals surface area contributed by atoms with Crippen LogP contribution in [-0.2, 0) is 23.9 Å². The van der Waals surface area contributed by atoms with E-state index in [0.29, 0.717) is 35.6 Å². The fourth-order valence-electron chi connectivity index (χ4n) is 5.97. The maximum atomic E-state index is 14.4. The molecule has 2 heterocycles. The quantitative estimate of drug-likeness (QED) is 0.299. The number of likely N-dealkylation sites (tertiary alicyclic amines) is 1. The van der Waals surface area contributed by atoms with E-state index in [-0.39, 0.29) is 13.0 Å². The van der Waals surface area contributed by atoms with E-state index < -0.39 is 58.6 Å². The number of nitrogens with zero attached hydrogens (tertiary/aromatic N) is 2. The Bertz CT molecular complexity index is 1730. The van der Waals surface area contributed by atoms with E-state index in [1.54, 1.807) is 27.9 Å². The van der Waals surface area contributed by atoms with Crippen molar-refractivity contribution in [2.24, 2.45) is 5.41 Å². The summed E-state index contributed by atoms with van der Waals surface area (Å²) in [6.07, 6.45) is -0.356. The monoisotopic (exact) mass is 674 g/mol. The predicted molar refractivity (Wildman–Crippen MR) is 183 cm³/mol. The van der Waals surface area contributed by atoms with Gasteiger partial charge in [-0.15, -0.1) is 0 Å². The van der Waals surface area contributed by atoms with E-state index in [2.05, 4.69) is 10.6 Å². The summed E-state index contributed by atoms with van der Waals surface area (Å²) in [5, 5.41) is 6.33. The zero-order valence-electron chi connectivity index (χ0n) is 29.4. The van der Waals surface area contributed by atoms with Gasteiger partial charge in [0, 0.05) is 29.5 Å². The number of hydrogen-bond donors (Lipinski definition) is 2. The van der Waals surface area contributed by atoms with Crippen LogP contribution in [0.5, 0.6) is 11.5 Å². The van der Waals surface area contributed by atoms with Crippen molar-refractivity contribution in [2.45, 2.75) is 90.1 Å². The lowest BCUT2D eigenvalue weighted by Gasteiger charge is -2.35. The smallest absolute Gasteiger partial charge is 0.408 e. The molecule has 2 aromatic carbocycles. The minimum Gasteiger partial charge on any atom is -0.497 e. The Hall–Kier alpha value is -4.87. The van der Waals surface area contributed by atoms with E-state index in [9.17, 15) is 19.2 Å². The summed E-state index contributed by atoms with van der Waals surface area (Å²) >= 11 is 0. The molecule has 0 unspecified atom stereocenters. The van der Waals surface area contributed by atoms with E-state index in [1.807, 2.05) is 75.4 Å². The zero-order chi connectivity index (χ0) is 35.7. The van der Waals surface area contributed by atoms with Crippen molar-refractivity contribution in [1.29, 1.82) is 0 Å². The highest BCUT2D eigenvalue weighted by molar-refractivity contribution is 5.96. The van der Waals surface area contributed by atoms with Crippen LogP contribution in [0.15, 0.2) is 54.6 Å². The molecule has 1 aromatic heterocycles. The Morgan fingerprint density at radius 1 is 0.959 bits per heavy atom. The van der Waals surface area contributed by atoms with Crippen molar-refractivity contribution in [3.05, 3.63) is 54.6 Å². The number of ether oxygens (including phenoxy) is 4. The molecule has 2 fully saturated rings. The molecule has 5 rings (SSSR count). The van der Waals surface area contributed by atoms with Gasteiger partial charge in [-0.05, 0) is 51.2 Å². The highest BCUT2D eigenvalue weighted by atomic mass is 16.6. The number of pyridine rings is 1. The number of rotatable bonds is 9. The van der Waals surface area contributed by atoms with Crippen molar-refractivity contribution in [3.8, 4) is 22.8 Å². The van der Waals surface area contributed by atoms with Gasteiger partial charge in [0.25, 0.3) is 0 Å². The average Bonchev–Trinajstić information content (AvgIpc) is 3.70. The summed E-state index contributed by atoms with van der Waals surface area (Å²) in [6, 6.07) is 15.0. The van der Waals surface area contributed by atoms with E-state index in [4.69, 9.17) is 23.9 Å². The Morgan fingerprint density at radius 2 is 1.65 bits per heavy atom. The molecule has 12 heteroatoms. The number of esters is 1. The number of amides is 3. The molecule has 0 bridgehead atoms. The molecular formula is C37H46N4O8. The van der Waals surface area contributed by atoms with E-state index in [0.717, 1.165) is 10.9 Å². The highest BCUT2D eigenvalue weighted by Gasteiger charge is 2.55. The van der Waals surface area contributed by atoms with Crippen LogP contribution in [-0.4, -0.2) is 83.9 Å². The van der Waals surface area contributed by atoms with Crippen LogP contribution in [0.2, 0.25) is 0 Å². The first-order valence-corrected chi connectivity index (χ1v) is 16.4. The van der Waals surface area contributed by atoms with Crippen molar-refractivity contribution in [2.75, 3.05) is 20.8 Å². The first-order valence-electron chi connectivity index (χ1n) is 16.4. The van der Waals surface area contributed by atoms with Crippen LogP contribution in [0, 0.1) is 5.41 Å². The molecule has 3 aromatic rings. The van der Waals surface area contributed by atoms with Gasteiger partial charge in [-0.1, -0.05) is 51.1 Å². The van der Waals surface area contributed by atoms with Gasteiger partial charge in [0.15, 0.2) is 0 Å². The maximum absolute atomic E-state index is 14.4. The summed E-state index contributed by atoms with van der Waals surface area (Å²) in [6.45, 7) is 10.7. The molecule has 1 saturated heterocycles. The fraction of sp³-hybridized carbons (Fsp3) is 0.486. The number of carbonyl (C=O) groups excluding carboxylic acids is 4. The third kappa shape index (κ3) is 8.06. The Kier molecular flexibility index (Phi) is 9.81. The second kappa shape index (κ2) is 13.6. The van der Waals surface area contributed by atoms with Gasteiger partial charge in [-0.2, -0.15) is 0 Å². The van der Waals surface area contributed by atoms with Crippen LogP contribution in [0.1, 0.15) is 60.8 Å². The molecule has 3 amide bonds. The zero-order valence-corrected chi connectivity index (χ0v) is 29.4.